The molecule has 9 heteroatoms. The molecule has 3 atom stereocenters. The van der Waals surface area contributed by atoms with E-state index in [4.69, 9.17) is 9.05 Å². The third-order valence-electron chi connectivity index (χ3n) is 16.8. The molecule has 0 bridgehead atoms. The Balaban J connectivity index is 3.98. The highest BCUT2D eigenvalue weighted by molar-refractivity contribution is 7.47. The minimum Gasteiger partial charge on any atom is -0.387 e. The molecule has 0 spiro atoms. The maximum absolute atomic E-state index is 13.0. The standard InChI is InChI=1S/C73H143N2O6P/c1-6-8-10-12-14-16-18-20-22-24-26-28-30-31-32-33-34-35-36-37-38-39-40-41-42-43-45-47-49-51-53-55-57-59-61-63-65-67-73(77)74-71(70-81-82(78,79)80-69-68-75(3,4)5)72(76)66-64-62-60-58-56-54-52-50-48-46-44-29-27-25-23-21-19-17-15-13-11-9-7-2/h24,26,56,58,64,66,71-72,76H,6-23,25,27-55,57,59-63,65,67-70H2,1-5H3,(H-,74,77,78,79)/p+1/b26-24-,58-56+,66-64+. The van der Waals surface area contributed by atoms with Crippen LogP contribution in [0.3, 0.4) is 0 Å². The lowest BCUT2D eigenvalue weighted by atomic mass is 10.0. The van der Waals surface area contributed by atoms with E-state index < -0.39 is 20.0 Å². The van der Waals surface area contributed by atoms with Gasteiger partial charge in [-0.2, -0.15) is 0 Å². The van der Waals surface area contributed by atoms with Crippen LogP contribution in [0, 0.1) is 0 Å². The van der Waals surface area contributed by atoms with Gasteiger partial charge in [0.05, 0.1) is 39.9 Å². The highest BCUT2D eigenvalue weighted by Gasteiger charge is 2.28. The number of nitrogens with one attached hydrogen (secondary N) is 1. The predicted octanol–water partition coefficient (Wildman–Crippen LogP) is 23.2. The molecule has 0 saturated heterocycles. The number of unbranched alkanes of at least 4 members (excludes halogenated alkanes) is 51. The number of aliphatic hydroxyl groups is 1. The summed E-state index contributed by atoms with van der Waals surface area (Å²) in [4.78, 5) is 23.4. The Hall–Kier alpha value is -1.28. The molecule has 0 radical (unpaired) electrons. The van der Waals surface area contributed by atoms with E-state index in [9.17, 15) is 19.4 Å². The van der Waals surface area contributed by atoms with Gasteiger partial charge in [0.1, 0.15) is 13.2 Å². The Morgan fingerprint density at radius 3 is 0.976 bits per heavy atom. The van der Waals surface area contributed by atoms with Crippen LogP contribution >= 0.6 is 7.82 Å². The zero-order valence-corrected chi connectivity index (χ0v) is 56.7. The van der Waals surface area contributed by atoms with Gasteiger partial charge in [0.15, 0.2) is 0 Å². The van der Waals surface area contributed by atoms with Crippen LogP contribution in [0.25, 0.3) is 0 Å². The number of aliphatic hydroxyl groups excluding tert-OH is 1. The Morgan fingerprint density at radius 2 is 0.671 bits per heavy atom. The fourth-order valence-electron chi connectivity index (χ4n) is 11.2. The zero-order valence-electron chi connectivity index (χ0n) is 55.8. The number of amides is 1. The van der Waals surface area contributed by atoms with Gasteiger partial charge in [-0.3, -0.25) is 13.8 Å². The van der Waals surface area contributed by atoms with Crippen molar-refractivity contribution in [3.05, 3.63) is 36.5 Å². The molecule has 0 rings (SSSR count). The number of quaternary nitrogens is 1. The molecule has 0 heterocycles. The fraction of sp³-hybridized carbons (Fsp3) is 0.904. The van der Waals surface area contributed by atoms with E-state index in [2.05, 4.69) is 43.5 Å². The Labute approximate surface area is 512 Å². The number of hydrogen-bond donors (Lipinski definition) is 3. The van der Waals surface area contributed by atoms with Crippen molar-refractivity contribution in [2.75, 3.05) is 40.9 Å². The van der Waals surface area contributed by atoms with E-state index in [1.54, 1.807) is 6.08 Å². The minimum atomic E-state index is -4.36. The number of phosphoric ester groups is 1. The van der Waals surface area contributed by atoms with E-state index in [1.165, 1.54) is 315 Å². The van der Waals surface area contributed by atoms with Gasteiger partial charge in [-0.1, -0.05) is 346 Å². The van der Waals surface area contributed by atoms with Crippen molar-refractivity contribution in [2.24, 2.45) is 0 Å². The molecule has 0 fully saturated rings. The molecule has 3 N–H and O–H groups in total. The summed E-state index contributed by atoms with van der Waals surface area (Å²) in [6.45, 7) is 4.85. The number of nitrogens with zero attached hydrogens (tertiary/aromatic N) is 1. The van der Waals surface area contributed by atoms with E-state index in [-0.39, 0.29) is 19.1 Å². The largest absolute Gasteiger partial charge is 0.472 e. The van der Waals surface area contributed by atoms with Crippen LogP contribution in [0.5, 0.6) is 0 Å². The van der Waals surface area contributed by atoms with Crippen LogP contribution in [-0.2, 0) is 18.4 Å². The average Bonchev–Trinajstić information content (AvgIpc) is 3.47. The van der Waals surface area contributed by atoms with E-state index in [0.29, 0.717) is 17.4 Å². The predicted molar refractivity (Wildman–Crippen MR) is 360 cm³/mol. The van der Waals surface area contributed by atoms with Crippen molar-refractivity contribution in [3.8, 4) is 0 Å². The average molecular weight is 1180 g/mol. The molecule has 0 aliphatic rings. The quantitative estimate of drug-likeness (QED) is 0.0243. The Bertz CT molecular complexity index is 1430. The molecular weight excluding hydrogens is 1030 g/mol. The number of hydrogen-bond acceptors (Lipinski definition) is 5. The van der Waals surface area contributed by atoms with Crippen LogP contribution < -0.4 is 5.32 Å². The van der Waals surface area contributed by atoms with Gasteiger partial charge in [0.2, 0.25) is 5.91 Å². The number of carbonyl (C=O) groups excluding carboxylic acids is 1. The minimum absolute atomic E-state index is 0.0583. The molecule has 0 aromatic heterocycles. The smallest absolute Gasteiger partial charge is 0.387 e. The molecule has 0 aliphatic heterocycles. The van der Waals surface area contributed by atoms with E-state index >= 15 is 0 Å². The number of likely N-dealkylation sites (N-methyl/N-ethyl adjacent to an activating group) is 1. The van der Waals surface area contributed by atoms with E-state index in [0.717, 1.165) is 38.5 Å². The van der Waals surface area contributed by atoms with Gasteiger partial charge >= 0.3 is 7.82 Å². The second-order valence-corrected chi connectivity index (χ2v) is 27.8. The molecule has 3 unspecified atom stereocenters. The van der Waals surface area contributed by atoms with Crippen molar-refractivity contribution in [2.45, 2.75) is 386 Å². The van der Waals surface area contributed by atoms with Crippen molar-refractivity contribution in [3.63, 3.8) is 0 Å². The van der Waals surface area contributed by atoms with Gasteiger partial charge < -0.3 is 19.8 Å². The third-order valence-corrected chi connectivity index (χ3v) is 17.8. The van der Waals surface area contributed by atoms with Gasteiger partial charge in [-0.05, 0) is 57.8 Å². The maximum Gasteiger partial charge on any atom is 0.472 e. The molecule has 0 aliphatic carbocycles. The molecule has 0 aromatic rings. The fourth-order valence-corrected chi connectivity index (χ4v) is 11.9. The van der Waals surface area contributed by atoms with E-state index in [1.807, 2.05) is 27.2 Å². The summed E-state index contributed by atoms with van der Waals surface area (Å²) in [5.41, 5.74) is 0. The number of phosphoric acid groups is 1. The van der Waals surface area contributed by atoms with Gasteiger partial charge in [0, 0.05) is 6.42 Å². The van der Waals surface area contributed by atoms with Gasteiger partial charge in [-0.15, -0.1) is 0 Å². The molecule has 486 valence electrons. The lowest BCUT2D eigenvalue weighted by Crippen LogP contribution is -2.45. The lowest BCUT2D eigenvalue weighted by molar-refractivity contribution is -0.870. The number of allylic oxidation sites excluding steroid dienone is 5. The Morgan fingerprint density at radius 1 is 0.402 bits per heavy atom. The van der Waals surface area contributed by atoms with Crippen LogP contribution in [0.1, 0.15) is 373 Å². The first kappa shape index (κ1) is 80.7. The monoisotopic (exact) mass is 1180 g/mol. The SMILES string of the molecule is CCCCCCCCCC/C=C\CCCCCCCCCCCCCCCCCCCCCCCCCCCC(=O)NC(COP(=O)(O)OCC[N+](C)(C)C)C(O)/C=C/CC/C=C/CCCCCCCCCCCCCCCCCCC. The molecule has 0 aromatic carbocycles. The molecule has 1 amide bonds. The molecular formula is C73H144N2O6P+. The third kappa shape index (κ3) is 66.2. The van der Waals surface area contributed by atoms with Crippen molar-refractivity contribution < 1.29 is 32.9 Å². The summed E-state index contributed by atoms with van der Waals surface area (Å²) in [5, 5.41) is 14.0. The molecule has 0 saturated carbocycles. The second-order valence-electron chi connectivity index (χ2n) is 26.3. The number of carbonyl (C=O) groups is 1. The first-order valence-electron chi connectivity index (χ1n) is 36.4. The maximum atomic E-state index is 13.0. The second kappa shape index (κ2) is 64.2. The highest BCUT2D eigenvalue weighted by atomic mass is 31.2. The van der Waals surface area contributed by atoms with Crippen LogP contribution in [0.15, 0.2) is 36.5 Å². The highest BCUT2D eigenvalue weighted by Crippen LogP contribution is 2.43. The number of rotatable bonds is 68. The Kier molecular flexibility index (Phi) is 63.2. The van der Waals surface area contributed by atoms with Crippen LogP contribution in [-0.4, -0.2) is 73.4 Å². The summed E-state index contributed by atoms with van der Waals surface area (Å²) in [7, 11) is 1.57. The lowest BCUT2D eigenvalue weighted by Gasteiger charge is -2.25. The first-order chi connectivity index (χ1) is 40.0. The molecule has 8 nitrogen and oxygen atoms in total. The topological polar surface area (TPSA) is 105 Å². The van der Waals surface area contributed by atoms with Crippen LogP contribution in [0.2, 0.25) is 0 Å². The van der Waals surface area contributed by atoms with Crippen LogP contribution in [0.4, 0.5) is 0 Å². The van der Waals surface area contributed by atoms with Crippen molar-refractivity contribution in [1.82, 2.24) is 5.32 Å². The summed E-state index contributed by atoms with van der Waals surface area (Å²) < 4.78 is 23.8. The normalized spacial score (nSPS) is 13.8. The summed E-state index contributed by atoms with van der Waals surface area (Å²) in [6.07, 6.45) is 86.0. The van der Waals surface area contributed by atoms with Crippen molar-refractivity contribution >= 4 is 13.7 Å². The zero-order chi connectivity index (χ0) is 59.8. The van der Waals surface area contributed by atoms with Gasteiger partial charge in [-0.25, -0.2) is 4.57 Å². The molecule has 82 heavy (non-hydrogen) atoms. The first-order valence-corrected chi connectivity index (χ1v) is 37.9. The van der Waals surface area contributed by atoms with Crippen molar-refractivity contribution in [1.29, 1.82) is 0 Å². The summed E-state index contributed by atoms with van der Waals surface area (Å²) in [6, 6.07) is -0.863. The summed E-state index contributed by atoms with van der Waals surface area (Å²) >= 11 is 0. The van der Waals surface area contributed by atoms with Gasteiger partial charge in [0.25, 0.3) is 0 Å². The summed E-state index contributed by atoms with van der Waals surface area (Å²) in [5.74, 6) is -0.179.